The molecule has 0 radical (unpaired) electrons. The van der Waals surface area contributed by atoms with Gasteiger partial charge in [-0.25, -0.2) is 0 Å². The van der Waals surface area contributed by atoms with E-state index in [2.05, 4.69) is 15.1 Å². The second-order valence-electron chi connectivity index (χ2n) is 8.90. The van der Waals surface area contributed by atoms with Gasteiger partial charge in [-0.05, 0) is 56.5 Å². The first kappa shape index (κ1) is 20.1. The Kier molecular flexibility index (Phi) is 5.02. The van der Waals surface area contributed by atoms with Crippen LogP contribution in [-0.2, 0) is 9.59 Å². The van der Waals surface area contributed by atoms with Crippen LogP contribution in [0.2, 0.25) is 0 Å². The van der Waals surface area contributed by atoms with Crippen molar-refractivity contribution in [2.24, 2.45) is 5.92 Å². The molecule has 0 bridgehead atoms. The Morgan fingerprint density at radius 1 is 0.968 bits per heavy atom. The van der Waals surface area contributed by atoms with Gasteiger partial charge in [-0.15, -0.1) is 0 Å². The predicted molar refractivity (Wildman–Crippen MR) is 110 cm³/mol. The van der Waals surface area contributed by atoms with Crippen molar-refractivity contribution in [3.05, 3.63) is 29.3 Å². The third-order valence-electron chi connectivity index (χ3n) is 7.07. The molecule has 0 spiro atoms. The van der Waals surface area contributed by atoms with Crippen molar-refractivity contribution < 1.29 is 24.3 Å². The summed E-state index contributed by atoms with van der Waals surface area (Å²) in [5.74, 6) is -1.51. The molecular formula is C22H26N4O5. The molecule has 1 unspecified atom stereocenters. The molecule has 1 aromatic rings. The Morgan fingerprint density at radius 2 is 1.68 bits per heavy atom. The number of likely N-dealkylation sites (tertiary alicyclic amines) is 1. The van der Waals surface area contributed by atoms with Crippen LogP contribution >= 0.6 is 0 Å². The summed E-state index contributed by atoms with van der Waals surface area (Å²) >= 11 is 0. The van der Waals surface area contributed by atoms with Gasteiger partial charge in [-0.2, -0.15) is 0 Å². The number of carbonyl (C=O) groups excluding carboxylic acids is 4. The highest BCUT2D eigenvalue weighted by Crippen LogP contribution is 2.33. The standard InChI is InChI=1S/C22H26N4O5/c27-12-13-5-7-24(8-6-13)15-10-25(11-15)14-1-2-16-17(9-14)22(31)26(21(16)30)18-3-4-19(28)23-20(18)29/h1-2,9,13,15,18,27H,3-8,10-12H2,(H,23,28,29). The predicted octanol–water partition coefficient (Wildman–Crippen LogP) is -0.0193. The highest BCUT2D eigenvalue weighted by molar-refractivity contribution is 6.23. The van der Waals surface area contributed by atoms with Gasteiger partial charge in [0.25, 0.3) is 11.8 Å². The zero-order valence-corrected chi connectivity index (χ0v) is 17.2. The minimum Gasteiger partial charge on any atom is -0.396 e. The number of anilines is 1. The number of nitrogens with zero attached hydrogens (tertiary/aromatic N) is 3. The lowest BCUT2D eigenvalue weighted by molar-refractivity contribution is -0.136. The molecule has 9 heteroatoms. The molecule has 1 aromatic carbocycles. The zero-order chi connectivity index (χ0) is 21.7. The summed E-state index contributed by atoms with van der Waals surface area (Å²) in [6, 6.07) is 4.78. The second-order valence-corrected chi connectivity index (χ2v) is 8.90. The van der Waals surface area contributed by atoms with Gasteiger partial charge < -0.3 is 10.0 Å². The van der Waals surface area contributed by atoms with E-state index in [-0.39, 0.29) is 25.4 Å². The quantitative estimate of drug-likeness (QED) is 0.651. The Balaban J connectivity index is 1.26. The van der Waals surface area contributed by atoms with Gasteiger partial charge in [0.05, 0.1) is 11.1 Å². The highest BCUT2D eigenvalue weighted by Gasteiger charge is 2.45. The van der Waals surface area contributed by atoms with Crippen LogP contribution < -0.4 is 10.2 Å². The van der Waals surface area contributed by atoms with E-state index >= 15 is 0 Å². The Bertz CT molecular complexity index is 949. The van der Waals surface area contributed by atoms with Crippen molar-refractivity contribution in [1.82, 2.24) is 15.1 Å². The van der Waals surface area contributed by atoms with Crippen LogP contribution in [0, 0.1) is 5.92 Å². The molecule has 3 fully saturated rings. The van der Waals surface area contributed by atoms with E-state index < -0.39 is 23.8 Å². The number of aliphatic hydroxyl groups is 1. The van der Waals surface area contributed by atoms with Crippen LogP contribution in [0.15, 0.2) is 18.2 Å². The molecule has 4 heterocycles. The Morgan fingerprint density at radius 3 is 2.35 bits per heavy atom. The van der Waals surface area contributed by atoms with E-state index in [0.717, 1.165) is 49.6 Å². The number of rotatable bonds is 4. The molecule has 2 N–H and O–H groups in total. The number of nitrogens with one attached hydrogen (secondary N) is 1. The molecule has 164 valence electrons. The van der Waals surface area contributed by atoms with Crippen LogP contribution in [0.25, 0.3) is 0 Å². The number of benzene rings is 1. The van der Waals surface area contributed by atoms with E-state index in [4.69, 9.17) is 0 Å². The lowest BCUT2D eigenvalue weighted by Gasteiger charge is -2.48. The van der Waals surface area contributed by atoms with Crippen molar-refractivity contribution in [3.63, 3.8) is 0 Å². The maximum absolute atomic E-state index is 13.0. The summed E-state index contributed by atoms with van der Waals surface area (Å²) in [6.07, 6.45) is 2.32. The molecule has 0 aromatic heterocycles. The first-order chi connectivity index (χ1) is 15.0. The lowest BCUT2D eigenvalue weighted by Crippen LogP contribution is -2.61. The van der Waals surface area contributed by atoms with Gasteiger partial charge in [0.2, 0.25) is 11.8 Å². The minimum absolute atomic E-state index is 0.111. The van der Waals surface area contributed by atoms with E-state index in [9.17, 15) is 24.3 Å². The van der Waals surface area contributed by atoms with Crippen molar-refractivity contribution in [1.29, 1.82) is 0 Å². The highest BCUT2D eigenvalue weighted by atomic mass is 16.3. The van der Waals surface area contributed by atoms with Gasteiger partial charge in [-0.3, -0.25) is 34.3 Å². The Labute approximate surface area is 180 Å². The molecule has 4 amide bonds. The number of amides is 4. The molecule has 4 aliphatic rings. The minimum atomic E-state index is -0.941. The molecular weight excluding hydrogens is 400 g/mol. The van der Waals surface area contributed by atoms with E-state index in [1.807, 2.05) is 6.07 Å². The fourth-order valence-electron chi connectivity index (χ4n) is 5.05. The third-order valence-corrected chi connectivity index (χ3v) is 7.07. The summed E-state index contributed by atoms with van der Waals surface area (Å²) in [7, 11) is 0. The molecule has 4 aliphatic heterocycles. The third kappa shape index (κ3) is 3.41. The molecule has 31 heavy (non-hydrogen) atoms. The topological polar surface area (TPSA) is 110 Å². The van der Waals surface area contributed by atoms with Crippen molar-refractivity contribution >= 4 is 29.3 Å². The lowest BCUT2D eigenvalue weighted by atomic mass is 9.94. The SMILES string of the molecule is O=C1CCC(N2C(=O)c3ccc(N4CC(N5CCC(CO)CC5)C4)cc3C2=O)C(=O)N1. The summed E-state index contributed by atoms with van der Waals surface area (Å²) in [6.45, 7) is 4.00. The maximum atomic E-state index is 13.0. The summed E-state index contributed by atoms with van der Waals surface area (Å²) in [4.78, 5) is 55.0. The number of imide groups is 2. The van der Waals surface area contributed by atoms with Crippen molar-refractivity contribution in [2.45, 2.75) is 37.8 Å². The van der Waals surface area contributed by atoms with Crippen LogP contribution in [0.1, 0.15) is 46.4 Å². The molecule has 5 rings (SSSR count). The van der Waals surface area contributed by atoms with E-state index in [0.29, 0.717) is 23.1 Å². The molecule has 9 nitrogen and oxygen atoms in total. The largest absolute Gasteiger partial charge is 0.396 e. The number of aliphatic hydroxyl groups excluding tert-OH is 1. The molecule has 1 atom stereocenters. The van der Waals surface area contributed by atoms with Gasteiger partial charge in [0.1, 0.15) is 6.04 Å². The van der Waals surface area contributed by atoms with Gasteiger partial charge in [0, 0.05) is 37.8 Å². The normalized spacial score (nSPS) is 25.6. The van der Waals surface area contributed by atoms with Crippen LogP contribution in [0.5, 0.6) is 0 Å². The van der Waals surface area contributed by atoms with Gasteiger partial charge in [-0.1, -0.05) is 0 Å². The zero-order valence-electron chi connectivity index (χ0n) is 17.2. The summed E-state index contributed by atoms with van der Waals surface area (Å²) < 4.78 is 0. The smallest absolute Gasteiger partial charge is 0.262 e. The number of fused-ring (bicyclic) bond motifs is 1. The number of hydrogen-bond acceptors (Lipinski definition) is 7. The average Bonchev–Trinajstić information content (AvgIpc) is 2.98. The molecule has 0 aliphatic carbocycles. The summed E-state index contributed by atoms with van der Waals surface area (Å²) in [5.41, 5.74) is 1.52. The van der Waals surface area contributed by atoms with Crippen LogP contribution in [0.3, 0.4) is 0 Å². The van der Waals surface area contributed by atoms with Crippen LogP contribution in [0.4, 0.5) is 5.69 Å². The number of carbonyl (C=O) groups is 4. The van der Waals surface area contributed by atoms with E-state index in [1.165, 1.54) is 0 Å². The fourth-order valence-corrected chi connectivity index (χ4v) is 5.05. The first-order valence-electron chi connectivity index (χ1n) is 10.9. The molecule has 0 saturated carbocycles. The number of hydrogen-bond donors (Lipinski definition) is 2. The average molecular weight is 426 g/mol. The van der Waals surface area contributed by atoms with Crippen molar-refractivity contribution in [3.8, 4) is 0 Å². The van der Waals surface area contributed by atoms with E-state index in [1.54, 1.807) is 12.1 Å². The van der Waals surface area contributed by atoms with Gasteiger partial charge >= 0.3 is 0 Å². The summed E-state index contributed by atoms with van der Waals surface area (Å²) in [5, 5.41) is 11.5. The van der Waals surface area contributed by atoms with Gasteiger partial charge in [0.15, 0.2) is 0 Å². The first-order valence-corrected chi connectivity index (χ1v) is 10.9. The molecule has 3 saturated heterocycles. The van der Waals surface area contributed by atoms with Crippen molar-refractivity contribution in [2.75, 3.05) is 37.7 Å². The second kappa shape index (κ2) is 7.72. The monoisotopic (exact) mass is 426 g/mol. The van der Waals surface area contributed by atoms with Crippen LogP contribution in [-0.4, -0.2) is 83.4 Å². The fraction of sp³-hybridized carbons (Fsp3) is 0.545. The Hall–Kier alpha value is -2.78. The maximum Gasteiger partial charge on any atom is 0.262 e. The number of piperidine rings is 2.